The van der Waals surface area contributed by atoms with Gasteiger partial charge in [-0.25, -0.2) is 0 Å². The minimum atomic E-state index is 0.104. The molecule has 1 aliphatic heterocycles. The predicted octanol–water partition coefficient (Wildman–Crippen LogP) is 2.94. The van der Waals surface area contributed by atoms with Gasteiger partial charge in [0.1, 0.15) is 5.75 Å². The van der Waals surface area contributed by atoms with Crippen LogP contribution in [-0.4, -0.2) is 30.5 Å². The SMILES string of the molecule is Cc1ccc(C)c(OCC(=O)N2CCC(C)CC2)c1. The van der Waals surface area contributed by atoms with Crippen LogP contribution in [0.1, 0.15) is 30.9 Å². The lowest BCUT2D eigenvalue weighted by Gasteiger charge is -2.30. The number of hydrogen-bond donors (Lipinski definition) is 0. The highest BCUT2D eigenvalue weighted by Gasteiger charge is 2.20. The monoisotopic (exact) mass is 261 g/mol. The molecule has 1 heterocycles. The highest BCUT2D eigenvalue weighted by atomic mass is 16.5. The Morgan fingerprint density at radius 3 is 2.68 bits per heavy atom. The second-order valence-electron chi connectivity index (χ2n) is 5.62. The minimum Gasteiger partial charge on any atom is -0.483 e. The summed E-state index contributed by atoms with van der Waals surface area (Å²) >= 11 is 0. The van der Waals surface area contributed by atoms with E-state index in [1.54, 1.807) is 0 Å². The number of likely N-dealkylation sites (tertiary alicyclic amines) is 1. The normalized spacial score (nSPS) is 16.5. The van der Waals surface area contributed by atoms with Crippen LogP contribution in [0.15, 0.2) is 18.2 Å². The number of carbonyl (C=O) groups is 1. The molecule has 0 atom stereocenters. The van der Waals surface area contributed by atoms with Gasteiger partial charge in [-0.05, 0) is 49.8 Å². The van der Waals surface area contributed by atoms with Gasteiger partial charge in [0.05, 0.1) is 0 Å². The Kier molecular flexibility index (Phi) is 4.46. The van der Waals surface area contributed by atoms with Crippen molar-refractivity contribution in [2.75, 3.05) is 19.7 Å². The summed E-state index contributed by atoms with van der Waals surface area (Å²) in [6.07, 6.45) is 2.21. The van der Waals surface area contributed by atoms with Crippen LogP contribution in [0.3, 0.4) is 0 Å². The van der Waals surface area contributed by atoms with Crippen LogP contribution in [0.2, 0.25) is 0 Å². The molecule has 19 heavy (non-hydrogen) atoms. The molecule has 0 aromatic heterocycles. The van der Waals surface area contributed by atoms with Gasteiger partial charge in [0.25, 0.3) is 5.91 Å². The molecule has 0 N–H and O–H groups in total. The lowest BCUT2D eigenvalue weighted by molar-refractivity contribution is -0.134. The van der Waals surface area contributed by atoms with Gasteiger partial charge in [0.15, 0.2) is 6.61 Å². The van der Waals surface area contributed by atoms with Crippen LogP contribution >= 0.6 is 0 Å². The largest absolute Gasteiger partial charge is 0.483 e. The average Bonchev–Trinajstić information content (AvgIpc) is 2.40. The Morgan fingerprint density at radius 2 is 2.00 bits per heavy atom. The molecule has 1 aromatic carbocycles. The van der Waals surface area contributed by atoms with Gasteiger partial charge >= 0.3 is 0 Å². The van der Waals surface area contributed by atoms with E-state index in [1.165, 1.54) is 0 Å². The third-order valence-electron chi connectivity index (χ3n) is 3.83. The molecular weight excluding hydrogens is 238 g/mol. The summed E-state index contributed by atoms with van der Waals surface area (Å²) in [4.78, 5) is 14.0. The molecule has 1 fully saturated rings. The Labute approximate surface area is 115 Å². The van der Waals surface area contributed by atoms with Crippen molar-refractivity contribution >= 4 is 5.91 Å². The van der Waals surface area contributed by atoms with Crippen LogP contribution in [0.25, 0.3) is 0 Å². The van der Waals surface area contributed by atoms with E-state index in [2.05, 4.69) is 13.0 Å². The third-order valence-corrected chi connectivity index (χ3v) is 3.83. The van der Waals surface area contributed by atoms with Crippen LogP contribution < -0.4 is 4.74 Å². The molecule has 1 aliphatic rings. The molecule has 3 nitrogen and oxygen atoms in total. The summed E-state index contributed by atoms with van der Waals surface area (Å²) < 4.78 is 5.67. The summed E-state index contributed by atoms with van der Waals surface area (Å²) in [6.45, 7) is 8.17. The lowest BCUT2D eigenvalue weighted by Crippen LogP contribution is -2.40. The first-order valence-electron chi connectivity index (χ1n) is 7.04. The first-order valence-corrected chi connectivity index (χ1v) is 7.04. The molecule has 0 bridgehead atoms. The number of piperidine rings is 1. The minimum absolute atomic E-state index is 0.104. The fourth-order valence-corrected chi connectivity index (χ4v) is 2.35. The van der Waals surface area contributed by atoms with Gasteiger partial charge < -0.3 is 9.64 Å². The lowest BCUT2D eigenvalue weighted by atomic mass is 9.99. The highest BCUT2D eigenvalue weighted by Crippen LogP contribution is 2.20. The van der Waals surface area contributed by atoms with Crippen molar-refractivity contribution in [2.45, 2.75) is 33.6 Å². The first kappa shape index (κ1) is 13.9. The van der Waals surface area contributed by atoms with Crippen LogP contribution in [-0.2, 0) is 4.79 Å². The maximum Gasteiger partial charge on any atom is 0.260 e. The van der Waals surface area contributed by atoms with E-state index in [4.69, 9.17) is 4.74 Å². The Balaban J connectivity index is 1.88. The molecule has 2 rings (SSSR count). The molecule has 0 aliphatic carbocycles. The van der Waals surface area contributed by atoms with Crippen molar-refractivity contribution in [1.82, 2.24) is 4.90 Å². The zero-order chi connectivity index (χ0) is 13.8. The van der Waals surface area contributed by atoms with Crippen molar-refractivity contribution in [2.24, 2.45) is 5.92 Å². The van der Waals surface area contributed by atoms with Crippen LogP contribution in [0.4, 0.5) is 0 Å². The summed E-state index contributed by atoms with van der Waals surface area (Å²) in [7, 11) is 0. The van der Waals surface area contributed by atoms with Crippen molar-refractivity contribution in [3.8, 4) is 5.75 Å². The number of aryl methyl sites for hydroxylation is 2. The van der Waals surface area contributed by atoms with Crippen molar-refractivity contribution in [1.29, 1.82) is 0 Å². The summed E-state index contributed by atoms with van der Waals surface area (Å²) in [5, 5.41) is 0. The fraction of sp³-hybridized carbons (Fsp3) is 0.562. The Hall–Kier alpha value is -1.51. The summed E-state index contributed by atoms with van der Waals surface area (Å²) in [6, 6.07) is 6.06. The van der Waals surface area contributed by atoms with Gasteiger partial charge in [0, 0.05) is 13.1 Å². The van der Waals surface area contributed by atoms with Crippen LogP contribution in [0, 0.1) is 19.8 Å². The summed E-state index contributed by atoms with van der Waals surface area (Å²) in [5.41, 5.74) is 2.23. The zero-order valence-corrected chi connectivity index (χ0v) is 12.1. The number of nitrogens with zero attached hydrogens (tertiary/aromatic N) is 1. The van der Waals surface area contributed by atoms with E-state index in [-0.39, 0.29) is 12.5 Å². The van der Waals surface area contributed by atoms with Crippen molar-refractivity contribution < 1.29 is 9.53 Å². The first-order chi connectivity index (χ1) is 9.06. The van der Waals surface area contributed by atoms with Gasteiger partial charge in [-0.1, -0.05) is 19.1 Å². The molecule has 0 saturated carbocycles. The quantitative estimate of drug-likeness (QED) is 0.837. The predicted molar refractivity (Wildman–Crippen MR) is 76.4 cm³/mol. The molecule has 0 spiro atoms. The van der Waals surface area contributed by atoms with Gasteiger partial charge in [0.2, 0.25) is 0 Å². The summed E-state index contributed by atoms with van der Waals surface area (Å²) in [5.74, 6) is 1.66. The number of hydrogen-bond acceptors (Lipinski definition) is 2. The molecule has 1 aromatic rings. The maximum atomic E-state index is 12.1. The third kappa shape index (κ3) is 3.72. The van der Waals surface area contributed by atoms with E-state index in [0.717, 1.165) is 48.7 Å². The molecule has 104 valence electrons. The highest BCUT2D eigenvalue weighted by molar-refractivity contribution is 5.77. The van der Waals surface area contributed by atoms with E-state index in [0.29, 0.717) is 0 Å². The number of rotatable bonds is 3. The van der Waals surface area contributed by atoms with Gasteiger partial charge in [-0.2, -0.15) is 0 Å². The van der Waals surface area contributed by atoms with Gasteiger partial charge in [-0.3, -0.25) is 4.79 Å². The second kappa shape index (κ2) is 6.09. The Morgan fingerprint density at radius 1 is 1.32 bits per heavy atom. The van der Waals surface area contributed by atoms with E-state index in [1.807, 2.05) is 30.9 Å². The molecular formula is C16H23NO2. The number of amides is 1. The molecule has 3 heteroatoms. The van der Waals surface area contributed by atoms with E-state index >= 15 is 0 Å². The van der Waals surface area contributed by atoms with Crippen molar-refractivity contribution in [3.05, 3.63) is 29.3 Å². The molecule has 0 unspecified atom stereocenters. The molecule has 1 amide bonds. The van der Waals surface area contributed by atoms with E-state index < -0.39 is 0 Å². The zero-order valence-electron chi connectivity index (χ0n) is 12.1. The smallest absolute Gasteiger partial charge is 0.260 e. The number of ether oxygens (including phenoxy) is 1. The molecule has 0 radical (unpaired) electrons. The van der Waals surface area contributed by atoms with Crippen molar-refractivity contribution in [3.63, 3.8) is 0 Å². The Bertz CT molecular complexity index is 448. The maximum absolute atomic E-state index is 12.1. The standard InChI is InChI=1S/C16H23NO2/c1-12-6-8-17(9-7-12)16(18)11-19-15-10-13(2)4-5-14(15)3/h4-5,10,12H,6-9,11H2,1-3H3. The second-order valence-corrected chi connectivity index (χ2v) is 5.62. The van der Waals surface area contributed by atoms with Crippen LogP contribution in [0.5, 0.6) is 5.75 Å². The molecule has 1 saturated heterocycles. The van der Waals surface area contributed by atoms with Gasteiger partial charge in [-0.15, -0.1) is 0 Å². The topological polar surface area (TPSA) is 29.5 Å². The average molecular weight is 261 g/mol. The van der Waals surface area contributed by atoms with E-state index in [9.17, 15) is 4.79 Å². The number of carbonyl (C=O) groups excluding carboxylic acids is 1. The fourth-order valence-electron chi connectivity index (χ4n) is 2.35. The number of benzene rings is 1.